The predicted octanol–water partition coefficient (Wildman–Crippen LogP) is 3.03. The van der Waals surface area contributed by atoms with Crippen LogP contribution in [-0.4, -0.2) is 18.5 Å². The van der Waals surface area contributed by atoms with E-state index in [0.29, 0.717) is 5.38 Å². The van der Waals surface area contributed by atoms with E-state index in [0.717, 1.165) is 24.9 Å². The average Bonchev–Trinajstić information content (AvgIpc) is 2.95. The lowest BCUT2D eigenvalue weighted by Gasteiger charge is -2.15. The summed E-state index contributed by atoms with van der Waals surface area (Å²) >= 11 is 6.19. The molecule has 0 saturated heterocycles. The molecule has 0 spiro atoms. The van der Waals surface area contributed by atoms with Crippen LogP contribution in [0, 0.1) is 11.8 Å². The van der Waals surface area contributed by atoms with Crippen LogP contribution in [-0.2, 0) is 0 Å². The van der Waals surface area contributed by atoms with Crippen molar-refractivity contribution in [3.8, 4) is 0 Å². The standard InChI is InChI=1S/C11H22ClN/c1-3-9(4-2)7-13-8-11(12)10-5-6-10/h9-11,13H,3-8H2,1-2H3. The second-order valence-corrected chi connectivity index (χ2v) is 4.75. The Morgan fingerprint density at radius 3 is 2.31 bits per heavy atom. The molecule has 1 rings (SSSR count). The van der Waals surface area contributed by atoms with E-state index < -0.39 is 0 Å². The van der Waals surface area contributed by atoms with Gasteiger partial charge in [-0.25, -0.2) is 0 Å². The second kappa shape index (κ2) is 5.87. The Hall–Kier alpha value is 0.250. The van der Waals surface area contributed by atoms with Gasteiger partial charge in [-0.1, -0.05) is 26.7 Å². The highest BCUT2D eigenvalue weighted by Crippen LogP contribution is 2.35. The molecular weight excluding hydrogens is 182 g/mol. The first-order valence-corrected chi connectivity index (χ1v) is 6.06. The molecule has 1 atom stereocenters. The summed E-state index contributed by atoms with van der Waals surface area (Å²) in [7, 11) is 0. The third-order valence-electron chi connectivity index (χ3n) is 3.06. The summed E-state index contributed by atoms with van der Waals surface area (Å²) in [5.41, 5.74) is 0. The molecule has 78 valence electrons. The van der Waals surface area contributed by atoms with Gasteiger partial charge in [-0.15, -0.1) is 11.6 Å². The van der Waals surface area contributed by atoms with Crippen LogP contribution < -0.4 is 5.32 Å². The van der Waals surface area contributed by atoms with E-state index in [1.54, 1.807) is 0 Å². The number of hydrogen-bond donors (Lipinski definition) is 1. The van der Waals surface area contributed by atoms with Crippen LogP contribution in [0.2, 0.25) is 0 Å². The number of halogens is 1. The molecule has 0 heterocycles. The molecule has 1 nitrogen and oxygen atoms in total. The molecule has 0 aliphatic heterocycles. The Bertz CT molecular complexity index is 128. The minimum Gasteiger partial charge on any atom is -0.315 e. The molecular formula is C11H22ClN. The van der Waals surface area contributed by atoms with Crippen molar-refractivity contribution in [1.82, 2.24) is 5.32 Å². The van der Waals surface area contributed by atoms with Gasteiger partial charge in [0.1, 0.15) is 0 Å². The Labute approximate surface area is 87.2 Å². The Kier molecular flexibility index (Phi) is 5.12. The summed E-state index contributed by atoms with van der Waals surface area (Å²) in [4.78, 5) is 0. The molecule has 1 aliphatic carbocycles. The van der Waals surface area contributed by atoms with Gasteiger partial charge >= 0.3 is 0 Å². The molecule has 1 N–H and O–H groups in total. The van der Waals surface area contributed by atoms with E-state index in [-0.39, 0.29) is 0 Å². The highest BCUT2D eigenvalue weighted by atomic mass is 35.5. The van der Waals surface area contributed by atoms with Crippen molar-refractivity contribution in [2.45, 2.75) is 44.9 Å². The van der Waals surface area contributed by atoms with E-state index in [4.69, 9.17) is 11.6 Å². The quantitative estimate of drug-likeness (QED) is 0.628. The van der Waals surface area contributed by atoms with Crippen LogP contribution in [0.15, 0.2) is 0 Å². The lowest BCUT2D eigenvalue weighted by atomic mass is 10.0. The molecule has 0 radical (unpaired) electrons. The van der Waals surface area contributed by atoms with Crippen molar-refractivity contribution < 1.29 is 0 Å². The van der Waals surface area contributed by atoms with Crippen molar-refractivity contribution in [2.75, 3.05) is 13.1 Å². The summed E-state index contributed by atoms with van der Waals surface area (Å²) in [6, 6.07) is 0. The fourth-order valence-electron chi connectivity index (χ4n) is 1.63. The highest BCUT2D eigenvalue weighted by Gasteiger charge is 2.29. The molecule has 13 heavy (non-hydrogen) atoms. The van der Waals surface area contributed by atoms with Gasteiger partial charge in [-0.3, -0.25) is 0 Å². The lowest BCUT2D eigenvalue weighted by molar-refractivity contribution is 0.445. The van der Waals surface area contributed by atoms with Gasteiger partial charge in [0.05, 0.1) is 0 Å². The third-order valence-corrected chi connectivity index (χ3v) is 3.57. The van der Waals surface area contributed by atoms with E-state index in [9.17, 15) is 0 Å². The van der Waals surface area contributed by atoms with Gasteiger partial charge < -0.3 is 5.32 Å². The van der Waals surface area contributed by atoms with Crippen molar-refractivity contribution >= 4 is 11.6 Å². The molecule has 2 heteroatoms. The molecule has 0 aromatic heterocycles. The Morgan fingerprint density at radius 1 is 1.23 bits per heavy atom. The molecule has 1 fully saturated rings. The Balaban J connectivity index is 1.98. The second-order valence-electron chi connectivity index (χ2n) is 4.19. The summed E-state index contributed by atoms with van der Waals surface area (Å²) in [5, 5.41) is 3.86. The van der Waals surface area contributed by atoms with Crippen molar-refractivity contribution in [1.29, 1.82) is 0 Å². The zero-order chi connectivity index (χ0) is 9.68. The van der Waals surface area contributed by atoms with E-state index in [1.165, 1.54) is 25.7 Å². The van der Waals surface area contributed by atoms with Crippen LogP contribution in [0.5, 0.6) is 0 Å². The Morgan fingerprint density at radius 2 is 1.85 bits per heavy atom. The normalized spacial score (nSPS) is 19.4. The first kappa shape index (κ1) is 11.3. The van der Waals surface area contributed by atoms with E-state index in [1.807, 2.05) is 0 Å². The van der Waals surface area contributed by atoms with Crippen molar-refractivity contribution in [3.05, 3.63) is 0 Å². The van der Waals surface area contributed by atoms with Crippen LogP contribution in [0.4, 0.5) is 0 Å². The SMILES string of the molecule is CCC(CC)CNCC(Cl)C1CC1. The van der Waals surface area contributed by atoms with Crippen LogP contribution >= 0.6 is 11.6 Å². The number of rotatable bonds is 7. The smallest absolute Gasteiger partial charge is 0.0488 e. The molecule has 0 aromatic carbocycles. The van der Waals surface area contributed by atoms with Gasteiger partial charge in [-0.2, -0.15) is 0 Å². The van der Waals surface area contributed by atoms with Crippen LogP contribution in [0.1, 0.15) is 39.5 Å². The summed E-state index contributed by atoms with van der Waals surface area (Å²) in [6.45, 7) is 6.66. The predicted molar refractivity (Wildman–Crippen MR) is 59.3 cm³/mol. The zero-order valence-corrected chi connectivity index (χ0v) is 9.61. The maximum Gasteiger partial charge on any atom is 0.0488 e. The van der Waals surface area contributed by atoms with Gasteiger partial charge in [0, 0.05) is 11.9 Å². The van der Waals surface area contributed by atoms with Crippen molar-refractivity contribution in [3.63, 3.8) is 0 Å². The number of nitrogens with one attached hydrogen (secondary N) is 1. The van der Waals surface area contributed by atoms with Gasteiger partial charge in [-0.05, 0) is 31.2 Å². The minimum absolute atomic E-state index is 0.384. The maximum atomic E-state index is 6.19. The summed E-state index contributed by atoms with van der Waals surface area (Å²) < 4.78 is 0. The largest absolute Gasteiger partial charge is 0.315 e. The topological polar surface area (TPSA) is 12.0 Å². The first-order chi connectivity index (χ1) is 6.27. The molecule has 1 saturated carbocycles. The van der Waals surface area contributed by atoms with Gasteiger partial charge in [0.15, 0.2) is 0 Å². The lowest BCUT2D eigenvalue weighted by Crippen LogP contribution is -2.29. The molecule has 1 unspecified atom stereocenters. The molecule has 0 aromatic rings. The van der Waals surface area contributed by atoms with Crippen molar-refractivity contribution in [2.24, 2.45) is 11.8 Å². The zero-order valence-electron chi connectivity index (χ0n) is 8.85. The minimum atomic E-state index is 0.384. The van der Waals surface area contributed by atoms with Gasteiger partial charge in [0.2, 0.25) is 0 Å². The highest BCUT2D eigenvalue weighted by molar-refractivity contribution is 6.21. The van der Waals surface area contributed by atoms with Gasteiger partial charge in [0.25, 0.3) is 0 Å². The molecule has 0 bridgehead atoms. The average molecular weight is 204 g/mol. The number of hydrogen-bond acceptors (Lipinski definition) is 1. The monoisotopic (exact) mass is 203 g/mol. The maximum absolute atomic E-state index is 6.19. The summed E-state index contributed by atoms with van der Waals surface area (Å²) in [6.07, 6.45) is 5.25. The fraction of sp³-hybridized carbons (Fsp3) is 1.00. The molecule has 0 amide bonds. The first-order valence-electron chi connectivity index (χ1n) is 5.62. The fourth-order valence-corrected chi connectivity index (χ4v) is 1.99. The van der Waals surface area contributed by atoms with E-state index >= 15 is 0 Å². The van der Waals surface area contributed by atoms with Crippen LogP contribution in [0.25, 0.3) is 0 Å². The number of alkyl halides is 1. The summed E-state index contributed by atoms with van der Waals surface area (Å²) in [5.74, 6) is 1.65. The van der Waals surface area contributed by atoms with E-state index in [2.05, 4.69) is 19.2 Å². The third kappa shape index (κ3) is 4.33. The molecule has 1 aliphatic rings. The van der Waals surface area contributed by atoms with Crippen LogP contribution in [0.3, 0.4) is 0 Å².